The summed E-state index contributed by atoms with van der Waals surface area (Å²) in [6.07, 6.45) is 0. The van der Waals surface area contributed by atoms with Gasteiger partial charge in [0.1, 0.15) is 5.82 Å². The van der Waals surface area contributed by atoms with Crippen molar-refractivity contribution < 1.29 is 8.91 Å². The van der Waals surface area contributed by atoms with E-state index < -0.39 is 0 Å². The second kappa shape index (κ2) is 4.38. The van der Waals surface area contributed by atoms with Crippen molar-refractivity contribution in [3.8, 4) is 0 Å². The van der Waals surface area contributed by atoms with Crippen LogP contribution in [0.5, 0.6) is 0 Å². The summed E-state index contributed by atoms with van der Waals surface area (Å²) in [4.78, 5) is 4.35. The van der Waals surface area contributed by atoms with Crippen LogP contribution < -0.4 is 5.32 Å². The van der Waals surface area contributed by atoms with E-state index in [-0.39, 0.29) is 5.82 Å². The first kappa shape index (κ1) is 11.2. The molecule has 3 aromatic rings. The van der Waals surface area contributed by atoms with Crippen molar-refractivity contribution >= 4 is 26.7 Å². The number of fused-ring (bicyclic) bond motifs is 1. The minimum Gasteiger partial charge on any atom is -0.359 e. The van der Waals surface area contributed by atoms with E-state index in [0.717, 1.165) is 26.8 Å². The molecule has 0 unspecified atom stereocenters. The van der Waals surface area contributed by atoms with Crippen molar-refractivity contribution in [2.24, 2.45) is 0 Å². The highest BCUT2D eigenvalue weighted by molar-refractivity contribution is 7.22. The number of rotatable bonds is 3. The van der Waals surface area contributed by atoms with Crippen LogP contribution in [0, 0.1) is 12.7 Å². The number of nitrogens with one attached hydrogen (secondary N) is 1. The number of aryl methyl sites for hydroxylation is 1. The first-order chi connectivity index (χ1) is 8.70. The Morgan fingerprint density at radius 3 is 3.06 bits per heavy atom. The topological polar surface area (TPSA) is 51.0 Å². The van der Waals surface area contributed by atoms with Crippen LogP contribution in [-0.2, 0) is 6.54 Å². The van der Waals surface area contributed by atoms with Gasteiger partial charge in [-0.2, -0.15) is 0 Å². The Kier molecular flexibility index (Phi) is 2.71. The predicted octanol–water partition coefficient (Wildman–Crippen LogP) is 3.34. The fourth-order valence-electron chi connectivity index (χ4n) is 1.64. The third kappa shape index (κ3) is 2.19. The number of hydrogen-bond donors (Lipinski definition) is 1. The van der Waals surface area contributed by atoms with E-state index in [0.29, 0.717) is 6.54 Å². The summed E-state index contributed by atoms with van der Waals surface area (Å²) in [5.41, 5.74) is 1.64. The summed E-state index contributed by atoms with van der Waals surface area (Å²) in [6, 6.07) is 6.42. The first-order valence-electron chi connectivity index (χ1n) is 5.43. The highest BCUT2D eigenvalue weighted by atomic mass is 32.1. The molecule has 18 heavy (non-hydrogen) atoms. The first-order valence-corrected chi connectivity index (χ1v) is 6.24. The number of hydrogen-bond acceptors (Lipinski definition) is 5. The molecule has 0 aliphatic carbocycles. The Labute approximate surface area is 106 Å². The molecule has 1 aromatic carbocycles. The molecule has 0 atom stereocenters. The van der Waals surface area contributed by atoms with Gasteiger partial charge in [0.05, 0.1) is 22.5 Å². The molecular weight excluding hydrogens is 253 g/mol. The van der Waals surface area contributed by atoms with Crippen molar-refractivity contribution in [2.75, 3.05) is 5.32 Å². The molecule has 4 nitrogen and oxygen atoms in total. The summed E-state index contributed by atoms with van der Waals surface area (Å²) in [5.74, 6) is 0.501. The van der Waals surface area contributed by atoms with Crippen LogP contribution >= 0.6 is 11.3 Å². The van der Waals surface area contributed by atoms with E-state index in [9.17, 15) is 4.39 Å². The van der Waals surface area contributed by atoms with Crippen LogP contribution in [0.1, 0.15) is 11.5 Å². The van der Waals surface area contributed by atoms with Crippen molar-refractivity contribution in [2.45, 2.75) is 13.5 Å². The summed E-state index contributed by atoms with van der Waals surface area (Å²) in [5, 5.41) is 7.68. The molecule has 0 radical (unpaired) electrons. The smallest absolute Gasteiger partial charge is 0.184 e. The number of aromatic nitrogens is 2. The molecule has 0 bridgehead atoms. The maximum absolute atomic E-state index is 13.0. The number of halogens is 1. The van der Waals surface area contributed by atoms with Gasteiger partial charge in [-0.25, -0.2) is 9.37 Å². The molecule has 3 rings (SSSR count). The van der Waals surface area contributed by atoms with Gasteiger partial charge in [0.2, 0.25) is 0 Å². The third-order valence-corrected chi connectivity index (χ3v) is 3.42. The highest BCUT2D eigenvalue weighted by Gasteiger charge is 2.06. The molecule has 0 aliphatic heterocycles. The standard InChI is InChI=1S/C12H10FN3OS/c1-7-4-9(17-16-7)6-14-12-15-10-3-2-8(13)5-11(10)18-12/h2-5H,6H2,1H3,(H,14,15). The number of anilines is 1. The maximum atomic E-state index is 13.0. The minimum absolute atomic E-state index is 0.247. The van der Waals surface area contributed by atoms with Crippen molar-refractivity contribution in [1.29, 1.82) is 0 Å². The zero-order valence-corrected chi connectivity index (χ0v) is 10.4. The lowest BCUT2D eigenvalue weighted by Crippen LogP contribution is -1.96. The number of nitrogens with zero attached hydrogens (tertiary/aromatic N) is 2. The predicted molar refractivity (Wildman–Crippen MR) is 68.1 cm³/mol. The van der Waals surface area contributed by atoms with Crippen LogP contribution in [0.2, 0.25) is 0 Å². The lowest BCUT2D eigenvalue weighted by atomic mass is 10.3. The van der Waals surface area contributed by atoms with Crippen molar-refractivity contribution in [3.63, 3.8) is 0 Å². The molecule has 0 saturated heterocycles. The van der Waals surface area contributed by atoms with Gasteiger partial charge in [-0.05, 0) is 25.1 Å². The van der Waals surface area contributed by atoms with E-state index in [1.165, 1.54) is 23.5 Å². The van der Waals surface area contributed by atoms with E-state index in [2.05, 4.69) is 15.5 Å². The molecule has 6 heteroatoms. The summed E-state index contributed by atoms with van der Waals surface area (Å²) >= 11 is 1.41. The van der Waals surface area contributed by atoms with Gasteiger partial charge in [0, 0.05) is 6.07 Å². The monoisotopic (exact) mass is 263 g/mol. The van der Waals surface area contributed by atoms with Gasteiger partial charge < -0.3 is 9.84 Å². The lowest BCUT2D eigenvalue weighted by molar-refractivity contribution is 0.384. The fraction of sp³-hybridized carbons (Fsp3) is 0.167. The van der Waals surface area contributed by atoms with Crippen LogP contribution in [0.3, 0.4) is 0 Å². The van der Waals surface area contributed by atoms with Crippen LogP contribution in [0.4, 0.5) is 9.52 Å². The molecule has 0 saturated carbocycles. The average molecular weight is 263 g/mol. The largest absolute Gasteiger partial charge is 0.359 e. The van der Waals surface area contributed by atoms with E-state index in [1.54, 1.807) is 6.07 Å². The van der Waals surface area contributed by atoms with Gasteiger partial charge in [0.15, 0.2) is 10.9 Å². The van der Waals surface area contributed by atoms with E-state index in [4.69, 9.17) is 4.52 Å². The Morgan fingerprint density at radius 2 is 2.28 bits per heavy atom. The van der Waals surface area contributed by atoms with E-state index in [1.807, 2.05) is 13.0 Å². The average Bonchev–Trinajstić information content (AvgIpc) is 2.92. The Morgan fingerprint density at radius 1 is 1.39 bits per heavy atom. The van der Waals surface area contributed by atoms with E-state index >= 15 is 0 Å². The fourth-order valence-corrected chi connectivity index (χ4v) is 2.52. The summed E-state index contributed by atoms with van der Waals surface area (Å²) in [6.45, 7) is 2.39. The molecule has 92 valence electrons. The molecule has 2 heterocycles. The molecule has 0 aliphatic rings. The van der Waals surface area contributed by atoms with Crippen LogP contribution in [-0.4, -0.2) is 10.1 Å². The Balaban J connectivity index is 1.78. The third-order valence-electron chi connectivity index (χ3n) is 2.44. The highest BCUT2D eigenvalue weighted by Crippen LogP contribution is 2.26. The maximum Gasteiger partial charge on any atom is 0.184 e. The normalized spacial score (nSPS) is 11.0. The summed E-state index contributed by atoms with van der Waals surface area (Å²) in [7, 11) is 0. The second-order valence-corrected chi connectivity index (χ2v) is 4.95. The van der Waals surface area contributed by atoms with Crippen LogP contribution in [0.25, 0.3) is 10.2 Å². The molecule has 2 aromatic heterocycles. The molecule has 0 spiro atoms. The second-order valence-electron chi connectivity index (χ2n) is 3.92. The number of benzene rings is 1. The zero-order chi connectivity index (χ0) is 12.5. The Hall–Kier alpha value is -1.95. The van der Waals surface area contributed by atoms with Gasteiger partial charge in [-0.15, -0.1) is 0 Å². The quantitative estimate of drug-likeness (QED) is 0.787. The molecule has 0 fully saturated rings. The van der Waals surface area contributed by atoms with Crippen LogP contribution in [0.15, 0.2) is 28.8 Å². The zero-order valence-electron chi connectivity index (χ0n) is 9.61. The lowest BCUT2D eigenvalue weighted by Gasteiger charge is -1.96. The van der Waals surface area contributed by atoms with Gasteiger partial charge in [0.25, 0.3) is 0 Å². The van der Waals surface area contributed by atoms with Crippen molar-refractivity contribution in [1.82, 2.24) is 10.1 Å². The molecule has 0 amide bonds. The SMILES string of the molecule is Cc1cc(CNc2nc3ccc(F)cc3s2)on1. The van der Waals surface area contributed by atoms with Gasteiger partial charge in [-0.1, -0.05) is 16.5 Å². The van der Waals surface area contributed by atoms with Crippen molar-refractivity contribution in [3.05, 3.63) is 41.5 Å². The summed E-state index contributed by atoms with van der Waals surface area (Å²) < 4.78 is 18.9. The van der Waals surface area contributed by atoms with Gasteiger partial charge >= 0.3 is 0 Å². The Bertz CT molecular complexity index is 692. The number of thiazole rings is 1. The molecular formula is C12H10FN3OS. The molecule has 1 N–H and O–H groups in total. The minimum atomic E-state index is -0.247. The van der Waals surface area contributed by atoms with Gasteiger partial charge in [-0.3, -0.25) is 0 Å².